The summed E-state index contributed by atoms with van der Waals surface area (Å²) in [5, 5.41) is 0. The Balaban J connectivity index is 2.36. The fourth-order valence-corrected chi connectivity index (χ4v) is 5.40. The van der Waals surface area contributed by atoms with Crippen LogP contribution in [-0.2, 0) is 19.3 Å². The topological polar surface area (TPSA) is 27.7 Å². The van der Waals surface area contributed by atoms with E-state index in [0.29, 0.717) is 25.9 Å². The first kappa shape index (κ1) is 17.9. The Morgan fingerprint density at radius 1 is 0.696 bits per heavy atom. The summed E-state index contributed by atoms with van der Waals surface area (Å²) in [6.45, 7) is 7.76. The second-order valence-electron chi connectivity index (χ2n) is 5.18. The minimum Gasteiger partial charge on any atom is -0.374 e. The van der Waals surface area contributed by atoms with Crippen molar-refractivity contribution in [2.75, 3.05) is 19.8 Å². The molecule has 0 aliphatic heterocycles. The molecule has 2 aromatic carbocycles. The van der Waals surface area contributed by atoms with Crippen LogP contribution in [0.2, 0.25) is 0 Å². The van der Waals surface area contributed by atoms with Gasteiger partial charge in [-0.2, -0.15) is 0 Å². The Hall–Kier alpha value is -1.46. The van der Waals surface area contributed by atoms with E-state index in [1.54, 1.807) is 0 Å². The Labute approximate surface area is 140 Å². The molecule has 2 rings (SSSR count). The number of benzene rings is 2. The van der Waals surface area contributed by atoms with Gasteiger partial charge in [0.15, 0.2) is 0 Å². The van der Waals surface area contributed by atoms with Gasteiger partial charge in [-0.1, -0.05) is 54.6 Å². The zero-order chi connectivity index (χ0) is 16.5. The van der Waals surface area contributed by atoms with Gasteiger partial charge in [0.25, 0.3) is 0 Å². The van der Waals surface area contributed by atoms with Crippen LogP contribution in [0, 0.1) is 0 Å². The van der Waals surface area contributed by atoms with Gasteiger partial charge in [-0.15, -0.1) is 0 Å². The lowest BCUT2D eigenvalue weighted by atomic mass is 10.0. The lowest BCUT2D eigenvalue weighted by Crippen LogP contribution is -2.48. The zero-order valence-corrected chi connectivity index (χ0v) is 15.2. The van der Waals surface area contributed by atoms with Gasteiger partial charge in [0.1, 0.15) is 0 Å². The molecule has 0 aromatic heterocycles. The molecule has 0 atom stereocenters. The average molecular weight is 331 g/mol. The third-order valence-electron chi connectivity index (χ3n) is 3.60. The minimum atomic E-state index is -2.70. The highest BCUT2D eigenvalue weighted by Gasteiger charge is 2.41. The molecule has 3 nitrogen and oxygen atoms in total. The van der Waals surface area contributed by atoms with Gasteiger partial charge in [0.2, 0.25) is 0 Å². The second-order valence-corrected chi connectivity index (χ2v) is 7.77. The molecule has 0 N–H and O–H groups in total. The first-order valence-corrected chi connectivity index (χ1v) is 10.2. The van der Waals surface area contributed by atoms with Crippen molar-refractivity contribution >= 4 is 8.80 Å². The van der Waals surface area contributed by atoms with E-state index < -0.39 is 8.80 Å². The van der Waals surface area contributed by atoms with Crippen LogP contribution in [0.15, 0.2) is 54.6 Å². The van der Waals surface area contributed by atoms with E-state index in [-0.39, 0.29) is 0 Å². The minimum absolute atomic E-state index is 0.597. The molecule has 0 bridgehead atoms. The molecule has 0 radical (unpaired) electrons. The molecule has 2 aromatic rings. The Bertz CT molecular complexity index is 569. The summed E-state index contributed by atoms with van der Waals surface area (Å²) in [5.74, 6) is 0. The third-order valence-corrected chi connectivity index (χ3v) is 6.60. The maximum absolute atomic E-state index is 6.00. The van der Waals surface area contributed by atoms with Crippen LogP contribution in [0.1, 0.15) is 26.3 Å². The highest BCUT2D eigenvalue weighted by molar-refractivity contribution is 6.60. The van der Waals surface area contributed by atoms with Gasteiger partial charge >= 0.3 is 8.80 Å². The molecular formula is C19H26O3Si. The maximum Gasteiger partial charge on any atom is 0.505 e. The van der Waals surface area contributed by atoms with Gasteiger partial charge in [-0.05, 0) is 37.5 Å². The van der Waals surface area contributed by atoms with Crippen LogP contribution >= 0.6 is 0 Å². The SMILES string of the molecule is CCO[Si](Cc1ccccc1-c1ccccc1)(OCC)OCC. The lowest BCUT2D eigenvalue weighted by Gasteiger charge is -2.29. The number of rotatable bonds is 9. The van der Waals surface area contributed by atoms with E-state index in [1.807, 2.05) is 26.8 Å². The van der Waals surface area contributed by atoms with Gasteiger partial charge < -0.3 is 13.3 Å². The molecule has 0 unspecified atom stereocenters. The van der Waals surface area contributed by atoms with Crippen molar-refractivity contribution in [2.45, 2.75) is 26.8 Å². The summed E-state index contributed by atoms with van der Waals surface area (Å²) in [5.41, 5.74) is 3.63. The van der Waals surface area contributed by atoms with Crippen molar-refractivity contribution in [2.24, 2.45) is 0 Å². The average Bonchev–Trinajstić information content (AvgIpc) is 2.57. The first-order valence-electron chi connectivity index (χ1n) is 8.29. The monoisotopic (exact) mass is 330 g/mol. The van der Waals surface area contributed by atoms with E-state index in [0.717, 1.165) is 0 Å². The summed E-state index contributed by atoms with van der Waals surface area (Å²) < 4.78 is 18.0. The van der Waals surface area contributed by atoms with Crippen LogP contribution in [0.25, 0.3) is 11.1 Å². The quantitative estimate of drug-likeness (QED) is 0.634. The highest BCUT2D eigenvalue weighted by atomic mass is 28.4. The van der Waals surface area contributed by atoms with Crippen molar-refractivity contribution in [1.29, 1.82) is 0 Å². The molecule has 124 valence electrons. The van der Waals surface area contributed by atoms with E-state index in [2.05, 4.69) is 48.5 Å². The molecular weight excluding hydrogens is 304 g/mol. The van der Waals surface area contributed by atoms with Gasteiger partial charge in [0, 0.05) is 25.9 Å². The number of hydrogen-bond acceptors (Lipinski definition) is 3. The molecule has 0 saturated carbocycles. The van der Waals surface area contributed by atoms with Crippen molar-refractivity contribution in [3.8, 4) is 11.1 Å². The van der Waals surface area contributed by atoms with Gasteiger partial charge in [-0.3, -0.25) is 0 Å². The van der Waals surface area contributed by atoms with Crippen LogP contribution in [0.3, 0.4) is 0 Å². The smallest absolute Gasteiger partial charge is 0.374 e. The molecule has 0 fully saturated rings. The van der Waals surface area contributed by atoms with Gasteiger partial charge in [0.05, 0.1) is 0 Å². The molecule has 23 heavy (non-hydrogen) atoms. The van der Waals surface area contributed by atoms with Crippen molar-refractivity contribution < 1.29 is 13.3 Å². The second kappa shape index (κ2) is 8.98. The summed E-state index contributed by atoms with van der Waals surface area (Å²) in [4.78, 5) is 0. The van der Waals surface area contributed by atoms with Crippen molar-refractivity contribution in [1.82, 2.24) is 0 Å². The molecule has 0 amide bonds. The largest absolute Gasteiger partial charge is 0.505 e. The highest BCUT2D eigenvalue weighted by Crippen LogP contribution is 2.27. The van der Waals surface area contributed by atoms with E-state index >= 15 is 0 Å². The predicted octanol–water partition coefficient (Wildman–Crippen LogP) is 4.48. The van der Waals surface area contributed by atoms with Crippen LogP contribution in [-0.4, -0.2) is 28.6 Å². The van der Waals surface area contributed by atoms with E-state index in [1.165, 1.54) is 16.7 Å². The summed E-state index contributed by atoms with van der Waals surface area (Å²) in [7, 11) is -2.70. The maximum atomic E-state index is 6.00. The van der Waals surface area contributed by atoms with Crippen molar-refractivity contribution in [3.05, 3.63) is 60.2 Å². The Morgan fingerprint density at radius 2 is 1.22 bits per heavy atom. The fourth-order valence-electron chi connectivity index (χ4n) is 2.74. The van der Waals surface area contributed by atoms with Crippen LogP contribution in [0.4, 0.5) is 0 Å². The Morgan fingerprint density at radius 3 is 1.78 bits per heavy atom. The van der Waals surface area contributed by atoms with Crippen LogP contribution < -0.4 is 0 Å². The summed E-state index contributed by atoms with van der Waals surface area (Å²) >= 11 is 0. The predicted molar refractivity (Wildman–Crippen MR) is 96.2 cm³/mol. The zero-order valence-electron chi connectivity index (χ0n) is 14.2. The van der Waals surface area contributed by atoms with E-state index in [9.17, 15) is 0 Å². The first-order chi connectivity index (χ1) is 11.2. The van der Waals surface area contributed by atoms with Crippen LogP contribution in [0.5, 0.6) is 0 Å². The Kier molecular flexibility index (Phi) is 6.99. The molecule has 0 heterocycles. The fraction of sp³-hybridized carbons (Fsp3) is 0.368. The standard InChI is InChI=1S/C19H26O3Si/c1-4-20-23(21-5-2,22-6-3)16-18-14-10-11-15-19(18)17-12-8-7-9-13-17/h7-15H,4-6,16H2,1-3H3. The van der Waals surface area contributed by atoms with E-state index in [4.69, 9.17) is 13.3 Å². The summed E-state index contributed by atoms with van der Waals surface area (Å²) in [6, 6.07) is 19.5. The molecule has 0 saturated heterocycles. The molecule has 0 spiro atoms. The molecule has 4 heteroatoms. The van der Waals surface area contributed by atoms with Crippen molar-refractivity contribution in [3.63, 3.8) is 0 Å². The molecule has 0 aliphatic rings. The number of hydrogen-bond donors (Lipinski definition) is 0. The van der Waals surface area contributed by atoms with Gasteiger partial charge in [-0.25, -0.2) is 0 Å². The lowest BCUT2D eigenvalue weighted by molar-refractivity contribution is 0.0704. The summed E-state index contributed by atoms with van der Waals surface area (Å²) in [6.07, 6.45) is 0. The molecule has 0 aliphatic carbocycles. The third kappa shape index (κ3) is 4.75. The normalized spacial score (nSPS) is 11.6.